The number of rotatable bonds is 2. The van der Waals surface area contributed by atoms with Gasteiger partial charge >= 0.3 is 0 Å². The van der Waals surface area contributed by atoms with Gasteiger partial charge in [0.15, 0.2) is 0 Å². The molecule has 0 aliphatic carbocycles. The van der Waals surface area contributed by atoms with Crippen LogP contribution in [0.4, 0.5) is 5.82 Å². The smallest absolute Gasteiger partial charge is 0.275 e. The molecule has 0 bridgehead atoms. The topological polar surface area (TPSA) is 54.9 Å². The normalized spacial score (nSPS) is 10.0. The number of carbonyl (C=O) groups excluding carboxylic acids is 1. The van der Waals surface area contributed by atoms with Crippen molar-refractivity contribution in [3.05, 3.63) is 52.4 Å². The number of aromatic nitrogens is 2. The zero-order chi connectivity index (χ0) is 12.3. The fourth-order valence-electron chi connectivity index (χ4n) is 1.33. The van der Waals surface area contributed by atoms with Crippen LogP contribution < -0.4 is 5.32 Å². The first-order valence-electron chi connectivity index (χ1n) is 5.03. The summed E-state index contributed by atoms with van der Waals surface area (Å²) in [4.78, 5) is 20.1. The van der Waals surface area contributed by atoms with E-state index in [1.165, 1.54) is 0 Å². The Kier molecular flexibility index (Phi) is 3.49. The molecule has 0 radical (unpaired) electrons. The minimum atomic E-state index is -0.274. The quantitative estimate of drug-likeness (QED) is 0.866. The van der Waals surface area contributed by atoms with Crippen LogP contribution in [0.1, 0.15) is 16.2 Å². The number of pyridine rings is 2. The van der Waals surface area contributed by atoms with Gasteiger partial charge in [0.1, 0.15) is 16.1 Å². The van der Waals surface area contributed by atoms with E-state index in [9.17, 15) is 4.79 Å². The summed E-state index contributed by atoms with van der Waals surface area (Å²) in [5.74, 6) is 0.251. The molecule has 2 rings (SSSR count). The van der Waals surface area contributed by atoms with E-state index in [-0.39, 0.29) is 5.91 Å². The molecule has 0 aromatic carbocycles. The summed E-state index contributed by atoms with van der Waals surface area (Å²) >= 11 is 3.22. The van der Waals surface area contributed by atoms with Crippen molar-refractivity contribution in [2.24, 2.45) is 0 Å². The van der Waals surface area contributed by atoms with Crippen molar-refractivity contribution in [1.82, 2.24) is 9.97 Å². The molecule has 1 N–H and O–H groups in total. The molecule has 2 aromatic rings. The summed E-state index contributed by atoms with van der Waals surface area (Å²) in [5, 5.41) is 2.69. The number of carbonyl (C=O) groups is 1. The summed E-state index contributed by atoms with van der Waals surface area (Å²) < 4.78 is 0.627. The summed E-state index contributed by atoms with van der Waals surface area (Å²) in [7, 11) is 0. The van der Waals surface area contributed by atoms with Gasteiger partial charge in [-0.1, -0.05) is 12.1 Å². The predicted octanol–water partition coefficient (Wildman–Crippen LogP) is 2.80. The fraction of sp³-hybridized carbons (Fsp3) is 0.0833. The third kappa shape index (κ3) is 3.10. The van der Waals surface area contributed by atoms with E-state index in [0.29, 0.717) is 16.1 Å². The number of aryl methyl sites for hydroxylation is 1. The minimum Gasteiger partial charge on any atom is -0.305 e. The Morgan fingerprint density at radius 1 is 1.18 bits per heavy atom. The summed E-state index contributed by atoms with van der Waals surface area (Å²) in [6.07, 6.45) is 0. The maximum atomic E-state index is 11.8. The number of anilines is 1. The Balaban J connectivity index is 2.17. The molecule has 0 spiro atoms. The van der Waals surface area contributed by atoms with Crippen LogP contribution in [0.5, 0.6) is 0 Å². The van der Waals surface area contributed by atoms with Gasteiger partial charge in [-0.05, 0) is 47.1 Å². The molecule has 0 fully saturated rings. The van der Waals surface area contributed by atoms with Crippen LogP contribution in [0.25, 0.3) is 0 Å². The van der Waals surface area contributed by atoms with Gasteiger partial charge in [0.2, 0.25) is 0 Å². The van der Waals surface area contributed by atoms with Gasteiger partial charge in [0, 0.05) is 5.69 Å². The van der Waals surface area contributed by atoms with Crippen molar-refractivity contribution in [3.8, 4) is 0 Å². The lowest BCUT2D eigenvalue weighted by atomic mass is 10.3. The molecule has 0 aliphatic rings. The Labute approximate surface area is 107 Å². The highest BCUT2D eigenvalue weighted by molar-refractivity contribution is 9.10. The highest BCUT2D eigenvalue weighted by Crippen LogP contribution is 2.09. The average Bonchev–Trinajstić information content (AvgIpc) is 2.29. The maximum Gasteiger partial charge on any atom is 0.275 e. The first kappa shape index (κ1) is 11.7. The van der Waals surface area contributed by atoms with E-state index in [0.717, 1.165) is 5.69 Å². The molecular weight excluding hydrogens is 282 g/mol. The van der Waals surface area contributed by atoms with Crippen molar-refractivity contribution in [1.29, 1.82) is 0 Å². The highest BCUT2D eigenvalue weighted by Gasteiger charge is 2.08. The highest BCUT2D eigenvalue weighted by atomic mass is 79.9. The maximum absolute atomic E-state index is 11.8. The fourth-order valence-corrected chi connectivity index (χ4v) is 1.67. The van der Waals surface area contributed by atoms with E-state index in [2.05, 4.69) is 31.2 Å². The third-order valence-corrected chi connectivity index (χ3v) is 2.52. The van der Waals surface area contributed by atoms with Crippen molar-refractivity contribution in [2.75, 3.05) is 5.32 Å². The van der Waals surface area contributed by atoms with E-state index in [1.54, 1.807) is 24.3 Å². The average molecular weight is 292 g/mol. The molecule has 4 nitrogen and oxygen atoms in total. The second-order valence-electron chi connectivity index (χ2n) is 3.46. The van der Waals surface area contributed by atoms with E-state index in [1.807, 2.05) is 19.1 Å². The zero-order valence-electron chi connectivity index (χ0n) is 9.14. The molecule has 0 atom stereocenters. The molecular formula is C12H10BrN3O. The molecule has 2 aromatic heterocycles. The van der Waals surface area contributed by atoms with Crippen molar-refractivity contribution < 1.29 is 4.79 Å². The van der Waals surface area contributed by atoms with E-state index < -0.39 is 0 Å². The van der Waals surface area contributed by atoms with E-state index in [4.69, 9.17) is 0 Å². The zero-order valence-corrected chi connectivity index (χ0v) is 10.7. The first-order chi connectivity index (χ1) is 8.15. The molecule has 0 aliphatic heterocycles. The Morgan fingerprint density at radius 3 is 2.65 bits per heavy atom. The lowest BCUT2D eigenvalue weighted by Crippen LogP contribution is -2.14. The van der Waals surface area contributed by atoms with Gasteiger partial charge in [-0.3, -0.25) is 4.79 Å². The molecule has 86 valence electrons. The molecule has 0 saturated heterocycles. The molecule has 0 unspecified atom stereocenters. The Bertz CT molecular complexity index is 557. The molecule has 5 heteroatoms. The van der Waals surface area contributed by atoms with Crippen LogP contribution in [-0.2, 0) is 0 Å². The number of halogens is 1. The standard InChI is InChI=1S/C12H10BrN3O/c1-8-4-2-7-11(14-8)16-12(17)9-5-3-6-10(13)15-9/h2-7H,1H3,(H,14,16,17). The van der Waals surface area contributed by atoms with Gasteiger partial charge in [-0.2, -0.15) is 0 Å². The van der Waals surface area contributed by atoms with Crippen molar-refractivity contribution >= 4 is 27.7 Å². The second kappa shape index (κ2) is 5.05. The van der Waals surface area contributed by atoms with Crippen molar-refractivity contribution in [2.45, 2.75) is 6.92 Å². The summed E-state index contributed by atoms with van der Waals surface area (Å²) in [6.45, 7) is 1.87. The largest absolute Gasteiger partial charge is 0.305 e. The van der Waals surface area contributed by atoms with Gasteiger partial charge in [-0.25, -0.2) is 9.97 Å². The van der Waals surface area contributed by atoms with Crippen LogP contribution in [0.15, 0.2) is 41.0 Å². The number of nitrogens with zero attached hydrogens (tertiary/aromatic N) is 2. The molecule has 17 heavy (non-hydrogen) atoms. The number of hydrogen-bond acceptors (Lipinski definition) is 3. The molecule has 0 saturated carbocycles. The Hall–Kier alpha value is -1.75. The lowest BCUT2D eigenvalue weighted by molar-refractivity contribution is 0.102. The van der Waals surface area contributed by atoms with Crippen LogP contribution in [0.2, 0.25) is 0 Å². The number of nitrogens with one attached hydrogen (secondary N) is 1. The summed E-state index contributed by atoms with van der Waals surface area (Å²) in [6, 6.07) is 10.6. The van der Waals surface area contributed by atoms with Gasteiger partial charge in [0.05, 0.1) is 0 Å². The van der Waals surface area contributed by atoms with Gasteiger partial charge in [0.25, 0.3) is 5.91 Å². The first-order valence-corrected chi connectivity index (χ1v) is 5.82. The monoisotopic (exact) mass is 291 g/mol. The predicted molar refractivity (Wildman–Crippen MR) is 68.9 cm³/mol. The van der Waals surface area contributed by atoms with Crippen LogP contribution in [0.3, 0.4) is 0 Å². The van der Waals surface area contributed by atoms with Crippen LogP contribution in [0, 0.1) is 6.92 Å². The number of hydrogen-bond donors (Lipinski definition) is 1. The van der Waals surface area contributed by atoms with Gasteiger partial charge < -0.3 is 5.32 Å². The minimum absolute atomic E-state index is 0.274. The molecule has 1 amide bonds. The van der Waals surface area contributed by atoms with Gasteiger partial charge in [-0.15, -0.1) is 0 Å². The summed E-state index contributed by atoms with van der Waals surface area (Å²) in [5.41, 5.74) is 1.20. The SMILES string of the molecule is Cc1cccc(NC(=O)c2cccc(Br)n2)n1. The second-order valence-corrected chi connectivity index (χ2v) is 4.28. The number of amides is 1. The lowest BCUT2D eigenvalue weighted by Gasteiger charge is -2.04. The Morgan fingerprint density at radius 2 is 1.94 bits per heavy atom. The third-order valence-electron chi connectivity index (χ3n) is 2.08. The van der Waals surface area contributed by atoms with Crippen molar-refractivity contribution in [3.63, 3.8) is 0 Å². The van der Waals surface area contributed by atoms with E-state index >= 15 is 0 Å². The van der Waals surface area contributed by atoms with Crippen LogP contribution in [-0.4, -0.2) is 15.9 Å². The van der Waals surface area contributed by atoms with Crippen LogP contribution >= 0.6 is 15.9 Å². The molecule has 2 heterocycles.